The molecule has 45 heavy (non-hydrogen) atoms. The van der Waals surface area contributed by atoms with Gasteiger partial charge in [0, 0.05) is 30.0 Å². The Morgan fingerprint density at radius 2 is 1.82 bits per heavy atom. The summed E-state index contributed by atoms with van der Waals surface area (Å²) < 4.78 is 33.7. The van der Waals surface area contributed by atoms with Crippen LogP contribution in [0.1, 0.15) is 43.6 Å². The summed E-state index contributed by atoms with van der Waals surface area (Å²) >= 11 is 0. The van der Waals surface area contributed by atoms with Gasteiger partial charge in [-0.25, -0.2) is 13.2 Å². The van der Waals surface area contributed by atoms with Gasteiger partial charge in [0.15, 0.2) is 11.9 Å². The van der Waals surface area contributed by atoms with Crippen molar-refractivity contribution in [1.29, 1.82) is 0 Å². The highest BCUT2D eigenvalue weighted by Crippen LogP contribution is 2.24. The number of nitrogens with two attached hydrogens (primary N) is 1. The maximum absolute atomic E-state index is 13.6. The summed E-state index contributed by atoms with van der Waals surface area (Å²) in [5.41, 5.74) is 7.65. The average molecular weight is 639 g/mol. The molecular weight excluding hydrogens is 596 g/mol. The number of benzene rings is 2. The van der Waals surface area contributed by atoms with E-state index in [0.29, 0.717) is 16.9 Å². The molecule has 4 N–H and O–H groups in total. The molecule has 1 saturated heterocycles. The lowest BCUT2D eigenvalue weighted by molar-refractivity contribution is -0.129. The Morgan fingerprint density at radius 1 is 1.13 bits per heavy atom. The number of rotatable bonds is 15. The van der Waals surface area contributed by atoms with Crippen LogP contribution in [0.15, 0.2) is 90.0 Å². The van der Waals surface area contributed by atoms with Crippen LogP contribution in [0.2, 0.25) is 0 Å². The van der Waals surface area contributed by atoms with Crippen LogP contribution in [0, 0.1) is 5.92 Å². The number of aliphatic hydroxyl groups excluding tert-OH is 1. The lowest BCUT2D eigenvalue weighted by Crippen LogP contribution is -2.53. The normalized spacial score (nSPS) is 17.3. The van der Waals surface area contributed by atoms with Gasteiger partial charge in [0.1, 0.15) is 0 Å². The third-order valence-electron chi connectivity index (χ3n) is 7.21. The first kappa shape index (κ1) is 35.2. The third-order valence-corrected chi connectivity index (χ3v) is 9.14. The highest BCUT2D eigenvalue weighted by molar-refractivity contribution is 7.93. The van der Waals surface area contributed by atoms with Crippen LogP contribution in [0.25, 0.3) is 0 Å². The van der Waals surface area contributed by atoms with Crippen molar-refractivity contribution in [2.24, 2.45) is 11.7 Å². The van der Waals surface area contributed by atoms with Gasteiger partial charge < -0.3 is 20.9 Å². The summed E-state index contributed by atoms with van der Waals surface area (Å²) in [7, 11) is -4.01. The molecule has 0 saturated carbocycles. The number of sulfonamides is 1. The molecule has 0 spiro atoms. The summed E-state index contributed by atoms with van der Waals surface area (Å²) in [5, 5.41) is 14.3. The van der Waals surface area contributed by atoms with E-state index in [1.807, 2.05) is 44.2 Å². The first-order valence-corrected chi connectivity index (χ1v) is 16.0. The largest absolute Gasteiger partial charge is 0.434 e. The van der Waals surface area contributed by atoms with E-state index in [0.717, 1.165) is 5.56 Å². The Labute approximate surface area is 265 Å². The van der Waals surface area contributed by atoms with Crippen molar-refractivity contribution in [3.63, 3.8) is 0 Å². The molecule has 0 aliphatic carbocycles. The van der Waals surface area contributed by atoms with E-state index in [1.165, 1.54) is 41.3 Å². The number of allylic oxidation sites excluding steroid dienone is 4. The van der Waals surface area contributed by atoms with E-state index in [9.17, 15) is 27.9 Å². The molecule has 2 aromatic rings. The number of nitrogens with one attached hydrogen (secondary N) is 1. The van der Waals surface area contributed by atoms with Crippen LogP contribution >= 0.6 is 0 Å². The van der Waals surface area contributed by atoms with Crippen LogP contribution in [0.5, 0.6) is 0 Å². The van der Waals surface area contributed by atoms with Crippen LogP contribution in [-0.4, -0.2) is 73.5 Å². The van der Waals surface area contributed by atoms with Gasteiger partial charge in [-0.2, -0.15) is 4.31 Å². The van der Waals surface area contributed by atoms with Gasteiger partial charge in [-0.3, -0.25) is 14.5 Å². The van der Waals surface area contributed by atoms with Crippen molar-refractivity contribution in [2.75, 3.05) is 24.5 Å². The van der Waals surface area contributed by atoms with Crippen molar-refractivity contribution in [1.82, 2.24) is 9.62 Å². The molecule has 1 heterocycles. The van der Waals surface area contributed by atoms with E-state index < -0.39 is 40.3 Å². The van der Waals surface area contributed by atoms with E-state index >= 15 is 0 Å². The van der Waals surface area contributed by atoms with Crippen LogP contribution in [0.4, 0.5) is 10.5 Å². The lowest BCUT2D eigenvalue weighted by Gasteiger charge is -2.31. The predicted octanol–water partition coefficient (Wildman–Crippen LogP) is 3.52. The maximum Gasteiger partial charge on any atom is 0.415 e. The maximum atomic E-state index is 13.6. The fourth-order valence-corrected chi connectivity index (χ4v) is 6.21. The molecular formula is C33H42N4O7S. The molecule has 3 atom stereocenters. The zero-order valence-electron chi connectivity index (χ0n) is 26.0. The summed E-state index contributed by atoms with van der Waals surface area (Å²) in [5.74, 6) is -0.887. The van der Waals surface area contributed by atoms with Crippen LogP contribution in [0.3, 0.4) is 0 Å². The van der Waals surface area contributed by atoms with E-state index in [4.69, 9.17) is 10.5 Å². The van der Waals surface area contributed by atoms with Crippen molar-refractivity contribution < 1.29 is 32.6 Å². The van der Waals surface area contributed by atoms with Gasteiger partial charge in [0.25, 0.3) is 5.91 Å². The zero-order valence-corrected chi connectivity index (χ0v) is 26.9. The Kier molecular flexibility index (Phi) is 12.2. The average Bonchev–Trinajstić information content (AvgIpc) is 3.40. The second-order valence-electron chi connectivity index (χ2n) is 11.3. The number of Topliss-reactive ketones (excluding diaryl/α,β-unsaturated/α-hetero) is 1. The smallest absolute Gasteiger partial charge is 0.415 e. The van der Waals surface area contributed by atoms with E-state index in [1.54, 1.807) is 24.3 Å². The first-order valence-electron chi connectivity index (χ1n) is 14.6. The van der Waals surface area contributed by atoms with Gasteiger partial charge in [-0.05, 0) is 62.1 Å². The Hall–Kier alpha value is -4.26. The summed E-state index contributed by atoms with van der Waals surface area (Å²) in [6, 6.07) is 14.6. The Balaban J connectivity index is 1.85. The minimum absolute atomic E-state index is 0.0237. The van der Waals surface area contributed by atoms with Crippen molar-refractivity contribution in [2.45, 2.75) is 52.4 Å². The molecule has 242 valence electrons. The number of cyclic esters (lactones) is 1. The Bertz CT molecular complexity index is 1550. The molecule has 1 fully saturated rings. The lowest BCUT2D eigenvalue weighted by atomic mass is 10.0. The van der Waals surface area contributed by atoms with E-state index in [2.05, 4.69) is 11.9 Å². The molecule has 2 amide bonds. The minimum atomic E-state index is -4.01. The SMILES string of the molecule is C=C/C(N)=C\C=C(/C)S(=O)(=O)N(CC(C)C)C[C@@H](O)[C@H](Cc1ccccc1)NC(=O)[C@@H]1CN(c2cccc(C(C)=O)c2)C(=O)O1. The number of carbonyl (C=O) groups excluding carboxylic acids is 3. The number of carbonyl (C=O) groups is 3. The second-order valence-corrected chi connectivity index (χ2v) is 13.4. The van der Waals surface area contributed by atoms with Gasteiger partial charge in [0.05, 0.1) is 23.6 Å². The molecule has 2 aromatic carbocycles. The molecule has 0 radical (unpaired) electrons. The highest BCUT2D eigenvalue weighted by Gasteiger charge is 2.39. The summed E-state index contributed by atoms with van der Waals surface area (Å²) in [6.45, 7) is 9.84. The standard InChI is InChI=1S/C33H42N4O7S/c1-6-27(34)16-15-23(4)45(42,43)36(19-22(2)3)20-30(39)29(17-25-11-8-7-9-12-25)35-32(40)31-21-37(33(41)44-31)28-14-10-13-26(18-28)24(5)38/h6-16,18,22,29-31,39H,1,17,19-21,34H2,2-5H3,(H,35,40)/b23-15+,27-16+/t29-,30+,31-/m0/s1. The van der Waals surface area contributed by atoms with Crippen molar-refractivity contribution in [3.8, 4) is 0 Å². The topological polar surface area (TPSA) is 159 Å². The number of anilines is 1. The van der Waals surface area contributed by atoms with Gasteiger partial charge in [-0.1, -0.05) is 62.9 Å². The molecule has 0 bridgehead atoms. The monoisotopic (exact) mass is 638 g/mol. The molecule has 0 unspecified atom stereocenters. The minimum Gasteiger partial charge on any atom is -0.434 e. The highest BCUT2D eigenvalue weighted by atomic mass is 32.2. The number of nitrogens with zero attached hydrogens (tertiary/aromatic N) is 2. The van der Waals surface area contributed by atoms with Crippen molar-refractivity contribution >= 4 is 33.5 Å². The third kappa shape index (κ3) is 9.61. The van der Waals surface area contributed by atoms with Gasteiger partial charge in [-0.15, -0.1) is 0 Å². The zero-order chi connectivity index (χ0) is 33.3. The molecule has 3 rings (SSSR count). The predicted molar refractivity (Wildman–Crippen MR) is 174 cm³/mol. The quantitative estimate of drug-likeness (QED) is 0.197. The number of hydrogen-bond donors (Lipinski definition) is 3. The number of ether oxygens (including phenoxy) is 1. The number of hydrogen-bond acceptors (Lipinski definition) is 8. The second kappa shape index (κ2) is 15.6. The molecule has 0 aromatic heterocycles. The van der Waals surface area contributed by atoms with Gasteiger partial charge in [0.2, 0.25) is 10.0 Å². The van der Waals surface area contributed by atoms with Crippen LogP contribution in [-0.2, 0) is 26.0 Å². The Morgan fingerprint density at radius 3 is 2.44 bits per heavy atom. The molecule has 1 aliphatic heterocycles. The molecule has 1 aliphatic rings. The first-order chi connectivity index (χ1) is 21.2. The van der Waals surface area contributed by atoms with Gasteiger partial charge >= 0.3 is 6.09 Å². The fourth-order valence-electron chi connectivity index (χ4n) is 4.72. The summed E-state index contributed by atoms with van der Waals surface area (Å²) in [4.78, 5) is 39.3. The number of aliphatic hydroxyl groups is 1. The number of ketones is 1. The molecule has 11 nitrogen and oxygen atoms in total. The van der Waals surface area contributed by atoms with Crippen LogP contribution < -0.4 is 16.0 Å². The number of amides is 2. The summed E-state index contributed by atoms with van der Waals surface area (Å²) in [6.07, 6.45) is 1.11. The van der Waals surface area contributed by atoms with Crippen molar-refractivity contribution in [3.05, 3.63) is 101 Å². The molecule has 12 heteroatoms. The van der Waals surface area contributed by atoms with E-state index in [-0.39, 0.29) is 42.7 Å². The fraction of sp³-hybridized carbons (Fsp3) is 0.364.